The van der Waals surface area contributed by atoms with Crippen molar-refractivity contribution >= 4 is 11.9 Å². The molecule has 1 fully saturated rings. The number of nitriles is 2. The molecule has 4 rings (SSSR count). The van der Waals surface area contributed by atoms with Gasteiger partial charge in [0.25, 0.3) is 5.91 Å². The average Bonchev–Trinajstić information content (AvgIpc) is 3.42. The van der Waals surface area contributed by atoms with E-state index in [0.29, 0.717) is 35.4 Å². The molecule has 2 aliphatic rings. The fraction of sp³-hybridized carbons (Fsp3) is 0.333. The highest BCUT2D eigenvalue weighted by Crippen LogP contribution is 2.34. The third-order valence-corrected chi connectivity index (χ3v) is 5.75. The van der Waals surface area contributed by atoms with Crippen LogP contribution in [0.25, 0.3) is 11.1 Å². The topological polar surface area (TPSA) is 126 Å². The lowest BCUT2D eigenvalue weighted by Crippen LogP contribution is -2.36. The highest BCUT2D eigenvalue weighted by atomic mass is 19.4. The van der Waals surface area contributed by atoms with E-state index in [-0.39, 0.29) is 18.0 Å². The van der Waals surface area contributed by atoms with Gasteiger partial charge in [0.1, 0.15) is 0 Å². The number of rotatable bonds is 4. The van der Waals surface area contributed by atoms with E-state index in [9.17, 15) is 23.2 Å². The number of aliphatic carboxylic acids is 1. The number of nitrogens with zero attached hydrogens (tertiary/aromatic N) is 3. The van der Waals surface area contributed by atoms with Crippen molar-refractivity contribution in [2.75, 3.05) is 20.3 Å². The minimum Gasteiger partial charge on any atom is -0.475 e. The first-order valence-electron chi connectivity index (χ1n) is 10.5. The van der Waals surface area contributed by atoms with Crippen LogP contribution in [0.1, 0.15) is 33.5 Å². The minimum atomic E-state index is -5.08. The van der Waals surface area contributed by atoms with Crippen LogP contribution in [0.4, 0.5) is 13.2 Å². The van der Waals surface area contributed by atoms with Crippen LogP contribution in [0, 0.1) is 22.7 Å². The number of nitrogens with one attached hydrogen (secondary N) is 1. The number of carbonyl (C=O) groups excluding carboxylic acids is 1. The van der Waals surface area contributed by atoms with E-state index in [0.717, 1.165) is 24.1 Å². The normalized spacial score (nSPS) is 18.8. The van der Waals surface area contributed by atoms with E-state index >= 15 is 0 Å². The van der Waals surface area contributed by atoms with Gasteiger partial charge in [-0.15, -0.1) is 0 Å². The van der Waals surface area contributed by atoms with Crippen LogP contribution in [0.3, 0.4) is 0 Å². The summed E-state index contributed by atoms with van der Waals surface area (Å²) < 4.78 is 37.0. The van der Waals surface area contributed by atoms with Crippen LogP contribution < -0.4 is 5.32 Å². The van der Waals surface area contributed by atoms with E-state index in [1.165, 1.54) is 0 Å². The first kappa shape index (κ1) is 25.7. The number of methoxy groups -OCH3 is 1. The molecule has 182 valence electrons. The Labute approximate surface area is 199 Å². The molecule has 2 atom stereocenters. The van der Waals surface area contributed by atoms with Gasteiger partial charge in [0, 0.05) is 43.4 Å². The summed E-state index contributed by atoms with van der Waals surface area (Å²) in [5.41, 5.74) is 4.03. The van der Waals surface area contributed by atoms with Crippen LogP contribution in [0.15, 0.2) is 36.4 Å². The van der Waals surface area contributed by atoms with Gasteiger partial charge in [-0.2, -0.15) is 23.7 Å². The second kappa shape index (κ2) is 10.6. The van der Waals surface area contributed by atoms with E-state index in [2.05, 4.69) is 17.5 Å². The molecule has 2 N–H and O–H groups in total. The Morgan fingerprint density at radius 2 is 1.94 bits per heavy atom. The van der Waals surface area contributed by atoms with E-state index in [4.69, 9.17) is 19.9 Å². The molecule has 1 amide bonds. The zero-order valence-corrected chi connectivity index (χ0v) is 18.6. The average molecular weight is 486 g/mol. The van der Waals surface area contributed by atoms with Gasteiger partial charge >= 0.3 is 12.1 Å². The van der Waals surface area contributed by atoms with Gasteiger partial charge in [-0.25, -0.2) is 4.79 Å². The number of halogens is 3. The number of amides is 1. The van der Waals surface area contributed by atoms with Gasteiger partial charge in [-0.05, 0) is 41.8 Å². The van der Waals surface area contributed by atoms with Crippen molar-refractivity contribution in [1.82, 2.24) is 10.2 Å². The monoisotopic (exact) mass is 486 g/mol. The molecule has 0 spiro atoms. The summed E-state index contributed by atoms with van der Waals surface area (Å²) in [5.74, 6) is -2.76. The summed E-state index contributed by atoms with van der Waals surface area (Å²) in [4.78, 5) is 23.9. The Bertz CT molecular complexity index is 1220. The molecule has 1 saturated heterocycles. The zero-order chi connectivity index (χ0) is 25.8. The summed E-state index contributed by atoms with van der Waals surface area (Å²) in [7, 11) is 1.68. The van der Waals surface area contributed by atoms with Crippen molar-refractivity contribution in [2.45, 2.75) is 31.2 Å². The Morgan fingerprint density at radius 1 is 1.23 bits per heavy atom. The standard InChI is InChI=1S/C22H20N4O2.C2HF3O2/c1-28-13-18-7-19(11-25-18)26-12-17-6-16(10-24)20(8-21(17)22(26)27)15-4-2-3-14(5-15)9-23;3-2(4,5)1(6)7/h2-6,8,18-19,25H,7,11-13H2,1H3;(H,6,7)/t18-,19+;/m0./s1. The lowest BCUT2D eigenvalue weighted by atomic mass is 9.94. The number of hydrogen-bond donors (Lipinski definition) is 2. The highest BCUT2D eigenvalue weighted by Gasteiger charge is 2.38. The number of ether oxygens (including phenoxy) is 1. The van der Waals surface area contributed by atoms with Crippen LogP contribution in [-0.4, -0.2) is 60.4 Å². The van der Waals surface area contributed by atoms with Gasteiger partial charge in [0.2, 0.25) is 0 Å². The zero-order valence-electron chi connectivity index (χ0n) is 18.6. The molecular weight excluding hydrogens is 465 g/mol. The molecule has 8 nitrogen and oxygen atoms in total. The van der Waals surface area contributed by atoms with Crippen molar-refractivity contribution < 1.29 is 32.6 Å². The minimum absolute atomic E-state index is 0.00189. The molecular formula is C24H21F3N4O4. The first-order chi connectivity index (χ1) is 16.6. The number of benzene rings is 2. The maximum atomic E-state index is 13.1. The van der Waals surface area contributed by atoms with Gasteiger partial charge in [-0.3, -0.25) is 4.79 Å². The second-order valence-electron chi connectivity index (χ2n) is 8.05. The largest absolute Gasteiger partial charge is 0.490 e. The molecule has 2 heterocycles. The number of carbonyl (C=O) groups is 2. The predicted molar refractivity (Wildman–Crippen MR) is 117 cm³/mol. The van der Waals surface area contributed by atoms with E-state index in [1.807, 2.05) is 23.1 Å². The molecule has 2 aliphatic heterocycles. The third kappa shape index (κ3) is 5.77. The highest BCUT2D eigenvalue weighted by molar-refractivity contribution is 6.00. The maximum absolute atomic E-state index is 13.1. The summed E-state index contributed by atoms with van der Waals surface area (Å²) in [6.45, 7) is 1.90. The Balaban J connectivity index is 0.000000429. The summed E-state index contributed by atoms with van der Waals surface area (Å²) in [6.07, 6.45) is -4.23. The number of hydrogen-bond acceptors (Lipinski definition) is 6. The molecule has 35 heavy (non-hydrogen) atoms. The number of carboxylic acids is 1. The smallest absolute Gasteiger partial charge is 0.475 e. The third-order valence-electron chi connectivity index (χ3n) is 5.75. The van der Waals surface area contributed by atoms with Gasteiger partial charge < -0.3 is 20.1 Å². The Kier molecular flexibility index (Phi) is 7.75. The van der Waals surface area contributed by atoms with Crippen molar-refractivity contribution in [3.05, 3.63) is 58.7 Å². The van der Waals surface area contributed by atoms with Crippen molar-refractivity contribution in [3.63, 3.8) is 0 Å². The molecule has 11 heteroatoms. The van der Waals surface area contributed by atoms with Crippen LogP contribution in [-0.2, 0) is 16.1 Å². The first-order valence-corrected chi connectivity index (χ1v) is 10.5. The second-order valence-corrected chi connectivity index (χ2v) is 8.05. The molecule has 0 saturated carbocycles. The SMILES string of the molecule is COC[C@@H]1C[C@@H](N2Cc3cc(C#N)c(-c4cccc(C#N)c4)cc3C2=O)CN1.O=C(O)C(F)(F)F. The number of alkyl halides is 3. The quantitative estimate of drug-likeness (QED) is 0.680. The molecule has 0 aromatic heterocycles. The van der Waals surface area contributed by atoms with Crippen molar-refractivity contribution in [1.29, 1.82) is 10.5 Å². The predicted octanol–water partition coefficient (Wildman–Crippen LogP) is 3.06. The fourth-order valence-electron chi connectivity index (χ4n) is 4.13. The molecule has 0 bridgehead atoms. The van der Waals surface area contributed by atoms with Gasteiger partial charge in [0.15, 0.2) is 0 Å². The number of carboxylic acid groups (broad SMARTS) is 1. The van der Waals surface area contributed by atoms with Crippen LogP contribution in [0.5, 0.6) is 0 Å². The lowest BCUT2D eigenvalue weighted by Gasteiger charge is -2.23. The summed E-state index contributed by atoms with van der Waals surface area (Å²) in [6, 6.07) is 15.5. The van der Waals surface area contributed by atoms with E-state index in [1.54, 1.807) is 25.3 Å². The van der Waals surface area contributed by atoms with Gasteiger partial charge in [-0.1, -0.05) is 12.1 Å². The van der Waals surface area contributed by atoms with Crippen LogP contribution >= 0.6 is 0 Å². The van der Waals surface area contributed by atoms with Crippen LogP contribution in [0.2, 0.25) is 0 Å². The number of fused-ring (bicyclic) bond motifs is 1. The lowest BCUT2D eigenvalue weighted by molar-refractivity contribution is -0.192. The fourth-order valence-corrected chi connectivity index (χ4v) is 4.13. The molecule has 0 unspecified atom stereocenters. The maximum Gasteiger partial charge on any atom is 0.490 e. The summed E-state index contributed by atoms with van der Waals surface area (Å²) >= 11 is 0. The Morgan fingerprint density at radius 3 is 2.54 bits per heavy atom. The molecule has 2 aromatic carbocycles. The van der Waals surface area contributed by atoms with Crippen molar-refractivity contribution in [3.8, 4) is 23.3 Å². The van der Waals surface area contributed by atoms with Crippen molar-refractivity contribution in [2.24, 2.45) is 0 Å². The summed E-state index contributed by atoms with van der Waals surface area (Å²) in [5, 5.41) is 29.3. The molecule has 0 aliphatic carbocycles. The Hall–Kier alpha value is -3.93. The van der Waals surface area contributed by atoms with E-state index < -0.39 is 12.1 Å². The van der Waals surface area contributed by atoms with Gasteiger partial charge in [0.05, 0.1) is 29.9 Å². The molecule has 0 radical (unpaired) electrons. The molecule has 2 aromatic rings.